The minimum atomic E-state index is -1.18. The van der Waals surface area contributed by atoms with E-state index in [1.165, 1.54) is 19.2 Å². The summed E-state index contributed by atoms with van der Waals surface area (Å²) in [4.78, 5) is 24.9. The van der Waals surface area contributed by atoms with Crippen molar-refractivity contribution in [2.75, 3.05) is 38.2 Å². The highest BCUT2D eigenvalue weighted by Gasteiger charge is 2.38. The molecule has 1 fully saturated rings. The number of aliphatic hydroxyl groups is 1. The number of methoxy groups -OCH3 is 1. The Balaban J connectivity index is 1.74. The lowest BCUT2D eigenvalue weighted by atomic mass is 9.76. The van der Waals surface area contributed by atoms with E-state index < -0.39 is 17.3 Å². The smallest absolute Gasteiger partial charge is 0.410 e. The second kappa shape index (κ2) is 9.38. The molecule has 32 heavy (non-hydrogen) atoms. The fourth-order valence-electron chi connectivity index (χ4n) is 3.65. The first kappa shape index (κ1) is 23.9. The first-order valence-corrected chi connectivity index (χ1v) is 10.6. The second-order valence-corrected chi connectivity index (χ2v) is 9.02. The zero-order valence-corrected chi connectivity index (χ0v) is 19.2. The zero-order chi connectivity index (χ0) is 23.5. The summed E-state index contributed by atoms with van der Waals surface area (Å²) in [5.41, 5.74) is -0.210. The maximum atomic E-state index is 13.4. The molecule has 1 aromatic heterocycles. The van der Waals surface area contributed by atoms with Crippen LogP contribution in [-0.4, -0.2) is 71.2 Å². The third-order valence-electron chi connectivity index (χ3n) is 5.61. The Hall–Kier alpha value is -2.78. The monoisotopic (exact) mass is 446 g/mol. The van der Waals surface area contributed by atoms with Crippen molar-refractivity contribution in [1.29, 1.82) is 0 Å². The zero-order valence-electron chi connectivity index (χ0n) is 19.2. The van der Waals surface area contributed by atoms with Crippen molar-refractivity contribution in [3.8, 4) is 0 Å². The number of hydrogen-bond acceptors (Lipinski definition) is 7. The minimum absolute atomic E-state index is 0.322. The normalized spacial score (nSPS) is 17.6. The molecule has 0 radical (unpaired) electrons. The molecular formula is C23H31FN4O4. The number of ether oxygens (including phenoxy) is 2. The van der Waals surface area contributed by atoms with Crippen molar-refractivity contribution < 1.29 is 23.8 Å². The third kappa shape index (κ3) is 5.16. The van der Waals surface area contributed by atoms with E-state index in [1.807, 2.05) is 25.7 Å². The van der Waals surface area contributed by atoms with Gasteiger partial charge in [-0.2, -0.15) is 0 Å². The number of anilines is 1. The summed E-state index contributed by atoms with van der Waals surface area (Å²) >= 11 is 0. The molecule has 2 aromatic rings. The van der Waals surface area contributed by atoms with Crippen LogP contribution < -0.4 is 4.90 Å². The summed E-state index contributed by atoms with van der Waals surface area (Å²) in [6.45, 7) is 9.51. The van der Waals surface area contributed by atoms with Crippen LogP contribution in [0.1, 0.15) is 38.8 Å². The van der Waals surface area contributed by atoms with Gasteiger partial charge >= 0.3 is 6.09 Å². The van der Waals surface area contributed by atoms with Gasteiger partial charge in [-0.25, -0.2) is 19.2 Å². The van der Waals surface area contributed by atoms with Gasteiger partial charge in [0.05, 0.1) is 5.41 Å². The molecule has 2 atom stereocenters. The Kier molecular flexibility index (Phi) is 7.00. The van der Waals surface area contributed by atoms with Crippen molar-refractivity contribution in [3.05, 3.63) is 53.6 Å². The number of carbonyl (C=O) groups excluding carboxylic acids is 1. The van der Waals surface area contributed by atoms with Crippen LogP contribution in [0.4, 0.5) is 15.1 Å². The highest BCUT2D eigenvalue weighted by Crippen LogP contribution is 2.35. The largest absolute Gasteiger partial charge is 0.444 e. The van der Waals surface area contributed by atoms with E-state index in [4.69, 9.17) is 9.47 Å². The fourth-order valence-corrected chi connectivity index (χ4v) is 3.65. The molecule has 0 bridgehead atoms. The SMILES string of the molecule is COC(O)C(C)(c1ccc(F)cc1)c1cnc(N2CCN(C(=O)OC(C)(C)C)CC2)nc1. The van der Waals surface area contributed by atoms with E-state index in [0.29, 0.717) is 43.3 Å². The van der Waals surface area contributed by atoms with Crippen LogP contribution in [0.2, 0.25) is 0 Å². The number of aliphatic hydroxyl groups excluding tert-OH is 1. The molecule has 1 aliphatic heterocycles. The van der Waals surface area contributed by atoms with E-state index in [1.54, 1.807) is 36.4 Å². The van der Waals surface area contributed by atoms with E-state index in [9.17, 15) is 14.3 Å². The maximum Gasteiger partial charge on any atom is 0.410 e. The predicted molar refractivity (Wildman–Crippen MR) is 118 cm³/mol. The molecule has 1 aromatic carbocycles. The average molecular weight is 447 g/mol. The second-order valence-electron chi connectivity index (χ2n) is 9.02. The van der Waals surface area contributed by atoms with Gasteiger partial charge in [0, 0.05) is 51.2 Å². The van der Waals surface area contributed by atoms with Gasteiger partial charge in [-0.05, 0) is 45.4 Å². The number of piperazine rings is 1. The number of hydrogen-bond donors (Lipinski definition) is 1. The number of aromatic nitrogens is 2. The van der Waals surface area contributed by atoms with E-state index >= 15 is 0 Å². The standard InChI is InChI=1S/C23H31FN4O4/c1-22(2,3)32-21(30)28-12-10-27(11-13-28)20-25-14-17(15-26-20)23(4,19(29)31-5)16-6-8-18(24)9-7-16/h6-9,14-15,19,29H,10-13H2,1-5H3. The lowest BCUT2D eigenvalue weighted by molar-refractivity contribution is -0.111. The molecule has 0 spiro atoms. The van der Waals surface area contributed by atoms with E-state index in [0.717, 1.165) is 0 Å². The molecule has 174 valence electrons. The molecule has 1 amide bonds. The molecule has 1 saturated heterocycles. The van der Waals surface area contributed by atoms with Crippen molar-refractivity contribution >= 4 is 12.0 Å². The van der Waals surface area contributed by atoms with Crippen molar-refractivity contribution in [1.82, 2.24) is 14.9 Å². The predicted octanol–water partition coefficient (Wildman–Crippen LogP) is 2.94. The van der Waals surface area contributed by atoms with Crippen LogP contribution in [-0.2, 0) is 14.9 Å². The van der Waals surface area contributed by atoms with Gasteiger partial charge < -0.3 is 24.4 Å². The number of rotatable bonds is 5. The van der Waals surface area contributed by atoms with Gasteiger partial charge in [-0.15, -0.1) is 0 Å². The van der Waals surface area contributed by atoms with Gasteiger partial charge in [0.2, 0.25) is 5.95 Å². The number of benzene rings is 1. The Bertz CT molecular complexity index is 909. The summed E-state index contributed by atoms with van der Waals surface area (Å²) in [6.07, 6.45) is 1.79. The molecular weight excluding hydrogens is 415 g/mol. The van der Waals surface area contributed by atoms with Gasteiger partial charge in [0.1, 0.15) is 11.4 Å². The highest BCUT2D eigenvalue weighted by atomic mass is 19.1. The molecule has 2 heterocycles. The van der Waals surface area contributed by atoms with Gasteiger partial charge in [-0.3, -0.25) is 0 Å². The lowest BCUT2D eigenvalue weighted by Crippen LogP contribution is -2.50. The summed E-state index contributed by atoms with van der Waals surface area (Å²) < 4.78 is 24.1. The summed E-state index contributed by atoms with van der Waals surface area (Å²) in [5, 5.41) is 10.6. The topological polar surface area (TPSA) is 88.0 Å². The molecule has 0 aliphatic carbocycles. The number of halogens is 1. The maximum absolute atomic E-state index is 13.4. The summed E-state index contributed by atoms with van der Waals surface area (Å²) in [6, 6.07) is 5.91. The Labute approximate surface area is 188 Å². The van der Waals surface area contributed by atoms with Crippen LogP contribution in [0.3, 0.4) is 0 Å². The quantitative estimate of drug-likeness (QED) is 0.707. The number of carbonyl (C=O) groups is 1. The van der Waals surface area contributed by atoms with Crippen LogP contribution >= 0.6 is 0 Å². The van der Waals surface area contributed by atoms with Gasteiger partial charge in [0.15, 0.2) is 6.29 Å². The molecule has 8 nitrogen and oxygen atoms in total. The molecule has 3 rings (SSSR count). The highest BCUT2D eigenvalue weighted by molar-refractivity contribution is 5.68. The van der Waals surface area contributed by atoms with E-state index in [2.05, 4.69) is 9.97 Å². The van der Waals surface area contributed by atoms with Crippen LogP contribution in [0.5, 0.6) is 0 Å². The Morgan fingerprint density at radius 3 is 2.09 bits per heavy atom. The van der Waals surface area contributed by atoms with Gasteiger partial charge in [0.25, 0.3) is 0 Å². The first-order chi connectivity index (χ1) is 15.0. The summed E-state index contributed by atoms with van der Waals surface area (Å²) in [5.74, 6) is 0.172. The third-order valence-corrected chi connectivity index (χ3v) is 5.61. The Morgan fingerprint density at radius 2 is 1.59 bits per heavy atom. The Morgan fingerprint density at radius 1 is 1.03 bits per heavy atom. The minimum Gasteiger partial charge on any atom is -0.444 e. The average Bonchev–Trinajstić information content (AvgIpc) is 2.77. The van der Waals surface area contributed by atoms with Crippen LogP contribution in [0.25, 0.3) is 0 Å². The molecule has 1 aliphatic rings. The fraction of sp³-hybridized carbons (Fsp3) is 0.522. The van der Waals surface area contributed by atoms with Crippen molar-refractivity contribution in [3.63, 3.8) is 0 Å². The van der Waals surface area contributed by atoms with Crippen LogP contribution in [0.15, 0.2) is 36.7 Å². The number of nitrogens with zero attached hydrogens (tertiary/aromatic N) is 4. The van der Waals surface area contributed by atoms with Crippen molar-refractivity contribution in [2.24, 2.45) is 0 Å². The summed E-state index contributed by atoms with van der Waals surface area (Å²) in [7, 11) is 1.41. The van der Waals surface area contributed by atoms with Crippen molar-refractivity contribution in [2.45, 2.75) is 45.0 Å². The van der Waals surface area contributed by atoms with Gasteiger partial charge in [-0.1, -0.05) is 12.1 Å². The molecule has 0 saturated carbocycles. The van der Waals surface area contributed by atoms with Crippen LogP contribution in [0, 0.1) is 5.82 Å². The van der Waals surface area contributed by atoms with E-state index in [-0.39, 0.29) is 11.9 Å². The lowest BCUT2D eigenvalue weighted by Gasteiger charge is -2.36. The number of amides is 1. The first-order valence-electron chi connectivity index (χ1n) is 10.6. The molecule has 2 unspecified atom stereocenters. The molecule has 1 N–H and O–H groups in total. The molecule has 9 heteroatoms.